The summed E-state index contributed by atoms with van der Waals surface area (Å²) in [4.78, 5) is 0. The molecule has 0 nitrogen and oxygen atoms in total. The summed E-state index contributed by atoms with van der Waals surface area (Å²) in [6, 6.07) is 1.01. The summed E-state index contributed by atoms with van der Waals surface area (Å²) >= 11 is 0. The second kappa shape index (κ2) is 3.87. The van der Waals surface area contributed by atoms with E-state index in [4.69, 9.17) is 0 Å². The predicted octanol–water partition coefficient (Wildman–Crippen LogP) is 1.50. The Morgan fingerprint density at radius 1 is 1.29 bits per heavy atom. The van der Waals surface area contributed by atoms with E-state index in [1.54, 1.807) is 0 Å². The quantitative estimate of drug-likeness (QED) is 0.484. The molecule has 0 fully saturated rings. The molecule has 0 spiro atoms. The largest absolute Gasteiger partial charge is 0.107 e. The first-order chi connectivity index (χ1) is 3.35. The number of hydrogen-bond donors (Lipinski definition) is 0. The Bertz CT molecular complexity index is 58.6. The van der Waals surface area contributed by atoms with E-state index in [1.165, 1.54) is 0 Å². The Hall–Kier alpha value is -0.303. The van der Waals surface area contributed by atoms with E-state index in [0.717, 1.165) is 6.04 Å². The fraction of sp³-hybridized carbons (Fsp3) is 0.167. The third-order valence-corrected chi connectivity index (χ3v) is 2.82. The molecule has 1 radical (unpaired) electrons. The molecule has 39 valence electrons. The van der Waals surface area contributed by atoms with Crippen LogP contribution in [0.15, 0.2) is 24.6 Å². The summed E-state index contributed by atoms with van der Waals surface area (Å²) in [5.41, 5.74) is 3.97. The third kappa shape index (κ3) is 2.40. The molecule has 0 aliphatic heterocycles. The maximum absolute atomic E-state index is 3.75. The lowest BCUT2D eigenvalue weighted by Gasteiger charge is -1.94. The van der Waals surface area contributed by atoms with E-state index in [2.05, 4.69) is 20.1 Å². The van der Waals surface area contributed by atoms with E-state index in [0.29, 0.717) is 0 Å². The molecule has 0 heterocycles. The molecule has 0 saturated heterocycles. The minimum absolute atomic E-state index is 0.755. The first kappa shape index (κ1) is 6.70. The standard InChI is InChI=1S/C6H11Si/c1-4-7(5-2)6-3/h4-5,7H,1-3,6H2. The molecule has 0 rings (SSSR count). The zero-order valence-electron chi connectivity index (χ0n) is 4.56. The molecule has 0 saturated carbocycles. The van der Waals surface area contributed by atoms with E-state index >= 15 is 0 Å². The van der Waals surface area contributed by atoms with Crippen LogP contribution in [0.4, 0.5) is 0 Å². The second-order valence-corrected chi connectivity index (χ2v) is 4.27. The fourth-order valence-electron chi connectivity index (χ4n) is 0.332. The van der Waals surface area contributed by atoms with Crippen LogP contribution in [0.5, 0.6) is 0 Å². The molecular formula is C6H11Si. The summed E-state index contributed by atoms with van der Waals surface area (Å²) in [7, 11) is -0.755. The van der Waals surface area contributed by atoms with Crippen LogP contribution in [0, 0.1) is 6.92 Å². The van der Waals surface area contributed by atoms with Crippen LogP contribution < -0.4 is 0 Å². The van der Waals surface area contributed by atoms with E-state index in [1.807, 2.05) is 11.4 Å². The molecule has 1 heteroatoms. The van der Waals surface area contributed by atoms with Crippen LogP contribution in [0.25, 0.3) is 0 Å². The van der Waals surface area contributed by atoms with Crippen molar-refractivity contribution in [2.75, 3.05) is 0 Å². The highest BCUT2D eigenvalue weighted by molar-refractivity contribution is 6.69. The lowest BCUT2D eigenvalue weighted by atomic mass is 11.0. The van der Waals surface area contributed by atoms with E-state index < -0.39 is 8.80 Å². The van der Waals surface area contributed by atoms with Gasteiger partial charge in [-0.3, -0.25) is 0 Å². The summed E-state index contributed by atoms with van der Waals surface area (Å²) in [5, 5.41) is 0. The van der Waals surface area contributed by atoms with Crippen LogP contribution in [0.1, 0.15) is 0 Å². The maximum Gasteiger partial charge on any atom is 0.0838 e. The number of hydrogen-bond acceptors (Lipinski definition) is 0. The Balaban J connectivity index is 3.36. The highest BCUT2D eigenvalue weighted by Crippen LogP contribution is 1.89. The summed E-state index contributed by atoms with van der Waals surface area (Å²) in [5.74, 6) is 0. The average molecular weight is 111 g/mol. The van der Waals surface area contributed by atoms with Crippen molar-refractivity contribution in [3.05, 3.63) is 31.5 Å². The number of rotatable bonds is 3. The molecule has 0 amide bonds. The van der Waals surface area contributed by atoms with Crippen LogP contribution in [0.3, 0.4) is 0 Å². The van der Waals surface area contributed by atoms with Gasteiger partial charge < -0.3 is 0 Å². The molecular weight excluding hydrogens is 100 g/mol. The van der Waals surface area contributed by atoms with Gasteiger partial charge in [-0.05, 0) is 0 Å². The minimum Gasteiger partial charge on any atom is -0.107 e. The Morgan fingerprint density at radius 3 is 1.71 bits per heavy atom. The average Bonchev–Trinajstić information content (AvgIpc) is 1.72. The van der Waals surface area contributed by atoms with Gasteiger partial charge >= 0.3 is 0 Å². The van der Waals surface area contributed by atoms with Gasteiger partial charge in [0, 0.05) is 0 Å². The molecule has 0 atom stereocenters. The van der Waals surface area contributed by atoms with Crippen molar-refractivity contribution < 1.29 is 0 Å². The lowest BCUT2D eigenvalue weighted by molar-refractivity contribution is 1.69. The minimum atomic E-state index is -0.755. The summed E-state index contributed by atoms with van der Waals surface area (Å²) in [6.07, 6.45) is 0. The van der Waals surface area contributed by atoms with Crippen LogP contribution in [-0.2, 0) is 0 Å². The predicted molar refractivity (Wildman–Crippen MR) is 37.7 cm³/mol. The Morgan fingerprint density at radius 2 is 1.71 bits per heavy atom. The molecule has 0 aliphatic rings. The molecule has 0 bridgehead atoms. The lowest BCUT2D eigenvalue weighted by Crippen LogP contribution is -2.00. The van der Waals surface area contributed by atoms with Gasteiger partial charge in [0.15, 0.2) is 0 Å². The van der Waals surface area contributed by atoms with E-state index in [9.17, 15) is 0 Å². The second-order valence-electron chi connectivity index (χ2n) is 1.42. The van der Waals surface area contributed by atoms with Crippen LogP contribution in [-0.4, -0.2) is 8.80 Å². The van der Waals surface area contributed by atoms with Crippen molar-refractivity contribution in [3.63, 3.8) is 0 Å². The van der Waals surface area contributed by atoms with Gasteiger partial charge in [0.05, 0.1) is 8.80 Å². The topological polar surface area (TPSA) is 0 Å². The van der Waals surface area contributed by atoms with Crippen molar-refractivity contribution in [2.45, 2.75) is 6.04 Å². The Kier molecular flexibility index (Phi) is 3.70. The van der Waals surface area contributed by atoms with Gasteiger partial charge in [-0.2, -0.15) is 0 Å². The smallest absolute Gasteiger partial charge is 0.0838 e. The van der Waals surface area contributed by atoms with Gasteiger partial charge in [0.25, 0.3) is 0 Å². The third-order valence-electron chi connectivity index (χ3n) is 0.939. The first-order valence-corrected chi connectivity index (χ1v) is 4.54. The van der Waals surface area contributed by atoms with Crippen molar-refractivity contribution in [1.29, 1.82) is 0 Å². The molecule has 0 aromatic carbocycles. The highest BCUT2D eigenvalue weighted by atomic mass is 28.3. The first-order valence-electron chi connectivity index (χ1n) is 2.39. The van der Waals surface area contributed by atoms with Crippen LogP contribution >= 0.6 is 0 Å². The van der Waals surface area contributed by atoms with Crippen molar-refractivity contribution in [2.24, 2.45) is 0 Å². The summed E-state index contributed by atoms with van der Waals surface area (Å²) < 4.78 is 0. The molecule has 0 aromatic rings. The van der Waals surface area contributed by atoms with Gasteiger partial charge in [-0.15, -0.1) is 24.6 Å². The summed E-state index contributed by atoms with van der Waals surface area (Å²) in [6.45, 7) is 11.1. The Labute approximate surface area is 47.2 Å². The van der Waals surface area contributed by atoms with Crippen LogP contribution in [0.2, 0.25) is 6.04 Å². The fourth-order valence-corrected chi connectivity index (χ4v) is 0.996. The van der Waals surface area contributed by atoms with E-state index in [-0.39, 0.29) is 0 Å². The molecule has 7 heavy (non-hydrogen) atoms. The highest BCUT2D eigenvalue weighted by Gasteiger charge is 1.91. The maximum atomic E-state index is 3.75. The zero-order chi connectivity index (χ0) is 5.70. The SMILES string of the molecule is [CH2]C[SiH](C=C)C=C. The molecule has 0 unspecified atom stereocenters. The van der Waals surface area contributed by atoms with Gasteiger partial charge in [-0.1, -0.05) is 13.0 Å². The molecule has 0 N–H and O–H groups in total. The molecule has 0 aliphatic carbocycles. The van der Waals surface area contributed by atoms with Gasteiger partial charge in [0.2, 0.25) is 0 Å². The van der Waals surface area contributed by atoms with Gasteiger partial charge in [0.1, 0.15) is 0 Å². The van der Waals surface area contributed by atoms with Crippen molar-refractivity contribution in [3.8, 4) is 0 Å². The van der Waals surface area contributed by atoms with Crippen molar-refractivity contribution >= 4 is 8.80 Å². The van der Waals surface area contributed by atoms with Crippen molar-refractivity contribution in [1.82, 2.24) is 0 Å². The normalized spacial score (nSPS) is 8.86. The van der Waals surface area contributed by atoms with Gasteiger partial charge in [-0.25, -0.2) is 0 Å². The monoisotopic (exact) mass is 111 g/mol. The zero-order valence-corrected chi connectivity index (χ0v) is 5.72. The molecule has 0 aromatic heterocycles.